The third kappa shape index (κ3) is 11.8. The number of hydrogen-bond donors (Lipinski definition) is 2. The van der Waals surface area contributed by atoms with Gasteiger partial charge in [0.05, 0.1) is 33.5 Å². The molecule has 74 heavy (non-hydrogen) atoms. The Hall–Kier alpha value is -5.39. The zero-order chi connectivity index (χ0) is 52.3. The number of halogens is 2. The second kappa shape index (κ2) is 22.8. The van der Waals surface area contributed by atoms with E-state index >= 15 is 8.96 Å². The maximum Gasteiger partial charge on any atom is 0.326 e. The molecule has 0 amide bonds. The van der Waals surface area contributed by atoms with Gasteiger partial charge in [-0.3, -0.25) is 19.3 Å². The molecule has 0 spiro atoms. The van der Waals surface area contributed by atoms with E-state index in [4.69, 9.17) is 16.1 Å². The number of benzene rings is 5. The first-order chi connectivity index (χ1) is 35.5. The number of thioether (sulfide) groups is 1. The van der Waals surface area contributed by atoms with Crippen LogP contribution in [-0.4, -0.2) is 111 Å². The van der Waals surface area contributed by atoms with Crippen LogP contribution in [0.3, 0.4) is 0 Å². The van der Waals surface area contributed by atoms with E-state index in [9.17, 15) is 23.6 Å². The van der Waals surface area contributed by atoms with Crippen LogP contribution in [0.25, 0.3) is 22.4 Å². The van der Waals surface area contributed by atoms with E-state index in [2.05, 4.69) is 20.0 Å². The number of aromatic nitrogens is 1. The number of anilines is 4. The second-order valence-electron chi connectivity index (χ2n) is 19.7. The summed E-state index contributed by atoms with van der Waals surface area (Å²) in [6.45, 7) is 11.2. The Kier molecular flexibility index (Phi) is 16.5. The highest BCUT2D eigenvalue weighted by molar-refractivity contribution is 7.99. The Morgan fingerprint density at radius 2 is 1.53 bits per heavy atom. The van der Waals surface area contributed by atoms with E-state index in [1.54, 1.807) is 47.6 Å². The molecule has 3 aliphatic heterocycles. The van der Waals surface area contributed by atoms with Crippen molar-refractivity contribution < 1.29 is 31.9 Å². The quantitative estimate of drug-likeness (QED) is 0.0386. The lowest BCUT2D eigenvalue weighted by atomic mass is 9.99. The minimum absolute atomic E-state index is 0.0979. The highest BCUT2D eigenvalue weighted by Gasteiger charge is 2.39. The molecule has 0 saturated carbocycles. The Morgan fingerprint density at radius 3 is 2.18 bits per heavy atom. The van der Waals surface area contributed by atoms with Crippen molar-refractivity contribution >= 4 is 74.5 Å². The molecule has 0 bridgehead atoms. The molecular weight excluding hydrogens is 1020 g/mol. The minimum atomic E-state index is -3.79. The number of aliphatic hydroxyl groups excluding tert-OH is 1. The van der Waals surface area contributed by atoms with Crippen LogP contribution < -0.4 is 25.1 Å². The maximum absolute atomic E-state index is 15.8. The SMILES string of the molecule is Cc1c(S(C)(=O)=O)c(-c2cc(F)cc(N3CCN(c4ccc(N5CCCO[P@@]5(=O)c5ccc(N[C@H](CCN6CCC(O)CC6)CSc6ccccc6)c([N+](=O)[O-])c5)cc4)CC3)c2)c(-c2ccc(Cl)cc2)n1C(C)C. The molecule has 3 fully saturated rings. The third-order valence-corrected chi connectivity index (χ3v) is 19.4. The molecule has 9 rings (SSSR count). The van der Waals surface area contributed by atoms with E-state index in [1.165, 1.54) is 24.5 Å². The summed E-state index contributed by atoms with van der Waals surface area (Å²) in [5, 5.41) is 27.1. The molecule has 2 atom stereocenters. The van der Waals surface area contributed by atoms with Crippen LogP contribution in [0.1, 0.15) is 51.3 Å². The van der Waals surface area contributed by atoms with Crippen LogP contribution in [0.5, 0.6) is 0 Å². The third-order valence-electron chi connectivity index (χ3n) is 14.2. The first kappa shape index (κ1) is 53.4. The van der Waals surface area contributed by atoms with Crippen molar-refractivity contribution in [2.45, 2.75) is 74.4 Å². The summed E-state index contributed by atoms with van der Waals surface area (Å²) in [5.41, 5.74) is 5.39. The molecule has 19 heteroatoms. The smallest absolute Gasteiger partial charge is 0.326 e. The average molecular weight is 1080 g/mol. The Bertz CT molecular complexity index is 3120. The summed E-state index contributed by atoms with van der Waals surface area (Å²) in [4.78, 5) is 20.3. The number of nitro groups is 1. The second-order valence-corrected chi connectivity index (χ2v) is 25.5. The van der Waals surface area contributed by atoms with Gasteiger partial charge in [-0.05, 0) is 136 Å². The summed E-state index contributed by atoms with van der Waals surface area (Å²) in [6.07, 6.45) is 3.74. The molecule has 1 aromatic heterocycles. The predicted octanol–water partition coefficient (Wildman–Crippen LogP) is 11.3. The lowest BCUT2D eigenvalue weighted by Gasteiger charge is -2.38. The first-order valence-corrected chi connectivity index (χ1v) is 30.1. The van der Waals surface area contributed by atoms with Crippen molar-refractivity contribution in [3.8, 4) is 22.4 Å². The van der Waals surface area contributed by atoms with E-state index in [1.807, 2.05) is 91.2 Å². The largest absolute Gasteiger partial charge is 0.393 e. The van der Waals surface area contributed by atoms with Gasteiger partial charge in [0.1, 0.15) is 11.5 Å². The Balaban J connectivity index is 0.912. The van der Waals surface area contributed by atoms with Crippen LogP contribution >= 0.6 is 30.9 Å². The number of aliphatic hydroxyl groups is 1. The predicted molar refractivity (Wildman–Crippen MR) is 298 cm³/mol. The Morgan fingerprint density at radius 1 is 0.865 bits per heavy atom. The number of piperazine rings is 1. The van der Waals surface area contributed by atoms with Crippen LogP contribution in [0.4, 0.5) is 32.8 Å². The summed E-state index contributed by atoms with van der Waals surface area (Å²) in [6, 6.07) is 34.4. The van der Waals surface area contributed by atoms with Gasteiger partial charge in [0.25, 0.3) is 5.69 Å². The van der Waals surface area contributed by atoms with Crippen molar-refractivity contribution in [3.63, 3.8) is 0 Å². The van der Waals surface area contributed by atoms with Gasteiger partial charge in [-0.15, -0.1) is 11.8 Å². The van der Waals surface area contributed by atoms with Crippen molar-refractivity contribution in [1.29, 1.82) is 0 Å². The van der Waals surface area contributed by atoms with Gasteiger partial charge in [-0.25, -0.2) is 12.8 Å². The number of nitrogens with zero attached hydrogens (tertiary/aromatic N) is 6. The molecule has 0 unspecified atom stereocenters. The number of piperidine rings is 1. The number of nitrogens with one attached hydrogen (secondary N) is 1. The monoisotopic (exact) mass is 1080 g/mol. The van der Waals surface area contributed by atoms with Gasteiger partial charge in [-0.2, -0.15) is 0 Å². The average Bonchev–Trinajstić information content (AvgIpc) is 3.72. The fraction of sp³-hybridized carbons (Fsp3) is 0.382. The normalized spacial score (nSPS) is 18.5. The zero-order valence-corrected chi connectivity index (χ0v) is 45.5. The van der Waals surface area contributed by atoms with Gasteiger partial charge < -0.3 is 34.2 Å². The number of rotatable bonds is 17. The molecule has 3 aliphatic rings. The highest BCUT2D eigenvalue weighted by atomic mass is 35.5. The van der Waals surface area contributed by atoms with E-state index in [0.29, 0.717) is 89.5 Å². The van der Waals surface area contributed by atoms with E-state index < -0.39 is 28.1 Å². The molecule has 6 aromatic rings. The molecule has 4 heterocycles. The van der Waals surface area contributed by atoms with Crippen molar-refractivity contribution in [2.75, 3.05) is 90.8 Å². The molecule has 3 saturated heterocycles. The first-order valence-electron chi connectivity index (χ1n) is 25.2. The van der Waals surface area contributed by atoms with Gasteiger partial charge >= 0.3 is 7.52 Å². The number of likely N-dealkylation sites (tertiary alicyclic amines) is 1. The van der Waals surface area contributed by atoms with Gasteiger partial charge in [-0.1, -0.05) is 41.9 Å². The van der Waals surface area contributed by atoms with Crippen LogP contribution in [0.2, 0.25) is 5.02 Å². The van der Waals surface area contributed by atoms with Crippen LogP contribution in [0.15, 0.2) is 125 Å². The fourth-order valence-electron chi connectivity index (χ4n) is 10.6. The fourth-order valence-corrected chi connectivity index (χ4v) is 15.3. The lowest BCUT2D eigenvalue weighted by Crippen LogP contribution is -2.46. The lowest BCUT2D eigenvalue weighted by molar-refractivity contribution is -0.383. The number of hydrogen-bond acceptors (Lipinski definition) is 12. The molecular formula is C55H64ClFN7O7PS2. The molecule has 392 valence electrons. The highest BCUT2D eigenvalue weighted by Crippen LogP contribution is 2.55. The molecule has 0 aliphatic carbocycles. The topological polar surface area (TPSA) is 154 Å². The number of nitro benzene ring substituents is 1. The van der Waals surface area contributed by atoms with Gasteiger partial charge in [0.15, 0.2) is 9.84 Å². The minimum Gasteiger partial charge on any atom is -0.393 e. The Labute approximate surface area is 443 Å². The summed E-state index contributed by atoms with van der Waals surface area (Å²) in [7, 11) is -7.55. The van der Waals surface area contributed by atoms with E-state index in [-0.39, 0.29) is 40.7 Å². The molecule has 0 radical (unpaired) electrons. The standard InChI is InChI=1S/C55H64ClFN7O7PS2/c1-38(2)63-39(3)55(74(4,69)70)53(54(63)40-11-13-42(56)14-12-40)41-33-43(57)35-47(34-41)61-30-28-60(29-31-61)45-15-17-46(18-16-45)62-24-8-32-71-72(62,68)49-19-20-51(52(36-49)64(66)67)58-44(37-73-50-9-6-5-7-10-50)21-25-59-26-22-48(65)23-27-59/h5-7,9-20,33-36,38,44,48,58,65H,8,21-32,37H2,1-4H3/t44-,72+/m1/s1. The summed E-state index contributed by atoms with van der Waals surface area (Å²) >= 11 is 7.97. The maximum atomic E-state index is 15.8. The van der Waals surface area contributed by atoms with Crippen molar-refractivity contribution in [2.24, 2.45) is 0 Å². The zero-order valence-electron chi connectivity index (χ0n) is 42.2. The molecule has 5 aromatic carbocycles. The number of sulfone groups is 1. The van der Waals surface area contributed by atoms with Gasteiger partial charge in [0, 0.05) is 121 Å². The molecule has 2 N–H and O–H groups in total. The van der Waals surface area contributed by atoms with Gasteiger partial charge in [0.2, 0.25) is 0 Å². The summed E-state index contributed by atoms with van der Waals surface area (Å²) < 4.78 is 67.9. The van der Waals surface area contributed by atoms with E-state index in [0.717, 1.165) is 55.0 Å². The van der Waals surface area contributed by atoms with Crippen LogP contribution in [-0.2, 0) is 18.9 Å². The van der Waals surface area contributed by atoms with Crippen molar-refractivity contribution in [1.82, 2.24) is 9.47 Å². The van der Waals surface area contributed by atoms with Crippen molar-refractivity contribution in [3.05, 3.63) is 142 Å². The summed E-state index contributed by atoms with van der Waals surface area (Å²) in [5.74, 6) is 0.197. The van der Waals surface area contributed by atoms with Crippen LogP contribution in [0, 0.1) is 22.9 Å². The molecule has 14 nitrogen and oxygen atoms in total.